The fourth-order valence-electron chi connectivity index (χ4n) is 3.25. The molecular formula is C19H18ClN5O4S. The Morgan fingerprint density at radius 3 is 3.00 bits per heavy atom. The molecule has 1 amide bonds. The van der Waals surface area contributed by atoms with Crippen molar-refractivity contribution in [2.75, 3.05) is 18.9 Å². The molecule has 4 rings (SSSR count). The van der Waals surface area contributed by atoms with Crippen LogP contribution in [-0.4, -0.2) is 50.1 Å². The van der Waals surface area contributed by atoms with E-state index < -0.39 is 5.97 Å². The molecule has 3 heterocycles. The number of carbonyl (C=O) groups excluding carboxylic acids is 2. The minimum absolute atomic E-state index is 0.0644. The number of thioether (sulfide) groups is 1. The molecule has 0 saturated carbocycles. The Bertz CT molecular complexity index is 1190. The van der Waals surface area contributed by atoms with Crippen LogP contribution in [0.2, 0.25) is 5.02 Å². The molecule has 1 aromatic carbocycles. The van der Waals surface area contributed by atoms with Crippen molar-refractivity contribution in [1.29, 1.82) is 0 Å². The van der Waals surface area contributed by atoms with E-state index in [0.29, 0.717) is 32.7 Å². The first-order valence-electron chi connectivity index (χ1n) is 9.29. The lowest BCUT2D eigenvalue weighted by Gasteiger charge is -2.13. The number of hydrogen-bond acceptors (Lipinski definition) is 7. The molecule has 9 nitrogen and oxygen atoms in total. The van der Waals surface area contributed by atoms with Crippen molar-refractivity contribution in [3.63, 3.8) is 0 Å². The van der Waals surface area contributed by atoms with Crippen molar-refractivity contribution in [1.82, 2.24) is 24.6 Å². The maximum Gasteiger partial charge on any atom is 0.325 e. The van der Waals surface area contributed by atoms with Crippen LogP contribution in [0.1, 0.15) is 19.4 Å². The van der Waals surface area contributed by atoms with E-state index in [1.807, 2.05) is 6.07 Å². The molecule has 0 saturated heterocycles. The summed E-state index contributed by atoms with van der Waals surface area (Å²) in [6.07, 6.45) is 1.54. The highest BCUT2D eigenvalue weighted by molar-refractivity contribution is 7.99. The van der Waals surface area contributed by atoms with Crippen LogP contribution in [0.3, 0.4) is 0 Å². The standard InChI is InChI=1S/C19H18ClN5O4S/c1-2-29-16(27)9-21-15(26)7-13-10-30-19-23-17-14(18(28)24(13)19)8-22-25(17)12-5-3-4-11(20)6-12/h3-6,8,13H,2,7,9-10H2,1H3,(H,21,26). The highest BCUT2D eigenvalue weighted by Gasteiger charge is 2.29. The van der Waals surface area contributed by atoms with Crippen LogP contribution < -0.4 is 10.9 Å². The van der Waals surface area contributed by atoms with Gasteiger partial charge in [-0.05, 0) is 25.1 Å². The number of ether oxygens (including phenoxy) is 1. The van der Waals surface area contributed by atoms with Gasteiger partial charge in [0.15, 0.2) is 10.8 Å². The van der Waals surface area contributed by atoms with Gasteiger partial charge in [0, 0.05) is 17.2 Å². The van der Waals surface area contributed by atoms with E-state index in [9.17, 15) is 14.4 Å². The Balaban J connectivity index is 1.59. The molecule has 0 bridgehead atoms. The van der Waals surface area contributed by atoms with E-state index in [-0.39, 0.29) is 37.1 Å². The third-order valence-electron chi connectivity index (χ3n) is 4.58. The van der Waals surface area contributed by atoms with Gasteiger partial charge in [0.2, 0.25) is 5.91 Å². The lowest BCUT2D eigenvalue weighted by molar-refractivity contribution is -0.143. The van der Waals surface area contributed by atoms with Crippen molar-refractivity contribution >= 4 is 46.3 Å². The van der Waals surface area contributed by atoms with Crippen LogP contribution in [0.4, 0.5) is 0 Å². The molecule has 1 N–H and O–H groups in total. The van der Waals surface area contributed by atoms with Crippen molar-refractivity contribution in [3.05, 3.63) is 45.8 Å². The third kappa shape index (κ3) is 3.92. The summed E-state index contributed by atoms with van der Waals surface area (Å²) in [5, 5.41) is 8.27. The molecule has 0 fully saturated rings. The van der Waals surface area contributed by atoms with Crippen LogP contribution >= 0.6 is 23.4 Å². The van der Waals surface area contributed by atoms with Gasteiger partial charge in [0.05, 0.1) is 24.5 Å². The number of carbonyl (C=O) groups is 2. The van der Waals surface area contributed by atoms with Gasteiger partial charge in [-0.2, -0.15) is 5.10 Å². The molecule has 0 spiro atoms. The van der Waals surface area contributed by atoms with Crippen molar-refractivity contribution in [3.8, 4) is 5.69 Å². The molecule has 0 radical (unpaired) electrons. The topological polar surface area (TPSA) is 108 Å². The zero-order chi connectivity index (χ0) is 21.3. The quantitative estimate of drug-likeness (QED) is 0.454. The zero-order valence-electron chi connectivity index (χ0n) is 16.0. The van der Waals surface area contributed by atoms with E-state index in [2.05, 4.69) is 15.4 Å². The number of benzene rings is 1. The minimum Gasteiger partial charge on any atom is -0.465 e. The first-order valence-corrected chi connectivity index (χ1v) is 10.7. The summed E-state index contributed by atoms with van der Waals surface area (Å²) in [7, 11) is 0. The van der Waals surface area contributed by atoms with Gasteiger partial charge in [-0.1, -0.05) is 29.4 Å². The Morgan fingerprint density at radius 1 is 1.40 bits per heavy atom. The summed E-state index contributed by atoms with van der Waals surface area (Å²) in [5.74, 6) is -0.296. The number of aromatic nitrogens is 4. The first-order chi connectivity index (χ1) is 14.5. The van der Waals surface area contributed by atoms with Gasteiger partial charge < -0.3 is 10.1 Å². The smallest absolute Gasteiger partial charge is 0.325 e. The molecule has 1 unspecified atom stereocenters. The molecule has 0 aliphatic carbocycles. The lowest BCUT2D eigenvalue weighted by Crippen LogP contribution is -2.34. The number of esters is 1. The van der Waals surface area contributed by atoms with Crippen LogP contribution in [0, 0.1) is 0 Å². The normalized spacial score (nSPS) is 15.2. The predicted octanol–water partition coefficient (Wildman–Crippen LogP) is 1.95. The van der Waals surface area contributed by atoms with Gasteiger partial charge in [-0.15, -0.1) is 0 Å². The summed E-state index contributed by atoms with van der Waals surface area (Å²) in [6.45, 7) is 1.75. The molecule has 1 aliphatic rings. The molecule has 30 heavy (non-hydrogen) atoms. The molecule has 2 aromatic heterocycles. The summed E-state index contributed by atoms with van der Waals surface area (Å²) in [6, 6.07) is 6.76. The van der Waals surface area contributed by atoms with E-state index in [0.717, 1.165) is 0 Å². The fourth-order valence-corrected chi connectivity index (χ4v) is 4.56. The number of amides is 1. The SMILES string of the molecule is CCOC(=O)CNC(=O)CC1CSc2nc3c(cnn3-c3cccc(Cl)c3)c(=O)n21. The fraction of sp³-hybridized carbons (Fsp3) is 0.316. The monoisotopic (exact) mass is 447 g/mol. The maximum atomic E-state index is 13.1. The Hall–Kier alpha value is -2.85. The van der Waals surface area contributed by atoms with Crippen LogP contribution in [0.5, 0.6) is 0 Å². The van der Waals surface area contributed by atoms with Crippen molar-refractivity contribution < 1.29 is 14.3 Å². The summed E-state index contributed by atoms with van der Waals surface area (Å²) >= 11 is 7.47. The van der Waals surface area contributed by atoms with Gasteiger partial charge in [-0.3, -0.25) is 19.0 Å². The van der Waals surface area contributed by atoms with E-state index >= 15 is 0 Å². The Kier molecular flexibility index (Phi) is 5.78. The maximum absolute atomic E-state index is 13.1. The van der Waals surface area contributed by atoms with Crippen molar-refractivity contribution in [2.24, 2.45) is 0 Å². The highest BCUT2D eigenvalue weighted by Crippen LogP contribution is 2.33. The second-order valence-electron chi connectivity index (χ2n) is 6.59. The molecule has 3 aromatic rings. The first kappa shape index (κ1) is 20.4. The average Bonchev–Trinajstić information content (AvgIpc) is 3.32. The van der Waals surface area contributed by atoms with Crippen molar-refractivity contribution in [2.45, 2.75) is 24.5 Å². The molecule has 156 valence electrons. The summed E-state index contributed by atoms with van der Waals surface area (Å²) < 4.78 is 7.89. The van der Waals surface area contributed by atoms with Gasteiger partial charge in [0.1, 0.15) is 11.9 Å². The Labute approximate surface area is 180 Å². The van der Waals surface area contributed by atoms with E-state index in [1.165, 1.54) is 22.5 Å². The molecule has 11 heteroatoms. The van der Waals surface area contributed by atoms with Gasteiger partial charge >= 0.3 is 5.97 Å². The van der Waals surface area contributed by atoms with Crippen LogP contribution in [0.15, 0.2) is 40.4 Å². The number of nitrogens with one attached hydrogen (secondary N) is 1. The third-order valence-corrected chi connectivity index (χ3v) is 5.91. The number of nitrogens with zero attached hydrogens (tertiary/aromatic N) is 4. The second-order valence-corrected chi connectivity index (χ2v) is 8.02. The minimum atomic E-state index is -0.499. The van der Waals surface area contributed by atoms with E-state index in [1.54, 1.807) is 29.8 Å². The number of halogens is 1. The molecule has 1 atom stereocenters. The van der Waals surface area contributed by atoms with E-state index in [4.69, 9.17) is 16.3 Å². The summed E-state index contributed by atoms with van der Waals surface area (Å²) in [4.78, 5) is 41.3. The zero-order valence-corrected chi connectivity index (χ0v) is 17.6. The molecular weight excluding hydrogens is 430 g/mol. The van der Waals surface area contributed by atoms with Gasteiger partial charge in [0.25, 0.3) is 5.56 Å². The summed E-state index contributed by atoms with van der Waals surface area (Å²) in [5.41, 5.74) is 0.886. The average molecular weight is 448 g/mol. The number of hydrogen-bond donors (Lipinski definition) is 1. The number of fused-ring (bicyclic) bond motifs is 2. The van der Waals surface area contributed by atoms with Crippen LogP contribution in [-0.2, 0) is 14.3 Å². The highest BCUT2D eigenvalue weighted by atomic mass is 35.5. The molecule has 1 aliphatic heterocycles. The van der Waals surface area contributed by atoms with Gasteiger partial charge in [-0.25, -0.2) is 9.67 Å². The number of rotatable bonds is 6. The van der Waals surface area contributed by atoms with Crippen LogP contribution in [0.25, 0.3) is 16.7 Å². The largest absolute Gasteiger partial charge is 0.465 e. The predicted molar refractivity (Wildman–Crippen MR) is 112 cm³/mol. The Morgan fingerprint density at radius 2 is 2.23 bits per heavy atom. The lowest BCUT2D eigenvalue weighted by atomic mass is 10.2. The second kappa shape index (κ2) is 8.49.